The van der Waals surface area contributed by atoms with E-state index in [1.807, 2.05) is 0 Å². The number of oxazole rings is 1. The van der Waals surface area contributed by atoms with Crippen LogP contribution in [0.2, 0.25) is 0 Å². The maximum atomic E-state index is 10.6. The van der Waals surface area contributed by atoms with Gasteiger partial charge in [-0.05, 0) is 18.9 Å². The summed E-state index contributed by atoms with van der Waals surface area (Å²) in [7, 11) is 0. The Balaban J connectivity index is 2.03. The van der Waals surface area contributed by atoms with Crippen molar-refractivity contribution in [1.82, 2.24) is 4.98 Å². The lowest BCUT2D eigenvalue weighted by Crippen LogP contribution is -2.17. The summed E-state index contributed by atoms with van der Waals surface area (Å²) in [5.74, 6) is 0. The minimum atomic E-state index is -0.433. The zero-order valence-corrected chi connectivity index (χ0v) is 9.13. The second-order valence-corrected chi connectivity index (χ2v) is 4.10. The average molecular weight is 233 g/mol. The van der Waals surface area contributed by atoms with Crippen molar-refractivity contribution in [2.75, 3.05) is 18.0 Å². The van der Waals surface area contributed by atoms with Crippen LogP contribution in [0.25, 0.3) is 11.1 Å². The Bertz CT molecular complexity index is 572. The Morgan fingerprint density at radius 2 is 2.12 bits per heavy atom. The molecule has 0 spiro atoms. The Hall–Kier alpha value is -2.11. The molecule has 2 aromatic rings. The summed E-state index contributed by atoms with van der Waals surface area (Å²) in [5, 5.41) is 10.6. The van der Waals surface area contributed by atoms with E-state index >= 15 is 0 Å². The van der Waals surface area contributed by atoms with Crippen LogP contribution in [0.15, 0.2) is 22.6 Å². The molecule has 1 aromatic carbocycles. The summed E-state index contributed by atoms with van der Waals surface area (Å²) in [6.45, 7) is 1.88. The molecule has 0 atom stereocenters. The van der Waals surface area contributed by atoms with Crippen LogP contribution in [-0.2, 0) is 0 Å². The van der Waals surface area contributed by atoms with E-state index in [4.69, 9.17) is 4.42 Å². The molecule has 6 nitrogen and oxygen atoms in total. The molecule has 0 aliphatic carbocycles. The van der Waals surface area contributed by atoms with Gasteiger partial charge in [0, 0.05) is 19.2 Å². The molecule has 6 heteroatoms. The van der Waals surface area contributed by atoms with Crippen molar-refractivity contribution < 1.29 is 9.34 Å². The van der Waals surface area contributed by atoms with E-state index in [1.165, 1.54) is 12.1 Å². The van der Waals surface area contributed by atoms with Crippen LogP contribution in [0.5, 0.6) is 0 Å². The number of non-ortho nitro benzene ring substituents is 1. The zero-order chi connectivity index (χ0) is 11.8. The van der Waals surface area contributed by atoms with Crippen molar-refractivity contribution in [2.24, 2.45) is 0 Å². The number of aromatic nitrogens is 1. The van der Waals surface area contributed by atoms with Gasteiger partial charge in [-0.1, -0.05) is 0 Å². The monoisotopic (exact) mass is 233 g/mol. The number of anilines is 1. The first-order chi connectivity index (χ1) is 8.24. The number of nitrogens with zero attached hydrogens (tertiary/aromatic N) is 3. The van der Waals surface area contributed by atoms with Gasteiger partial charge in [0.2, 0.25) is 0 Å². The molecule has 0 unspecified atom stereocenters. The van der Waals surface area contributed by atoms with Crippen LogP contribution in [0.3, 0.4) is 0 Å². The number of benzene rings is 1. The van der Waals surface area contributed by atoms with E-state index < -0.39 is 4.92 Å². The van der Waals surface area contributed by atoms with E-state index in [-0.39, 0.29) is 5.69 Å². The number of rotatable bonds is 2. The first-order valence-corrected chi connectivity index (χ1v) is 5.54. The van der Waals surface area contributed by atoms with E-state index in [2.05, 4.69) is 9.88 Å². The molecular formula is C11H11N3O3. The first kappa shape index (κ1) is 10.1. The molecule has 1 aromatic heterocycles. The van der Waals surface area contributed by atoms with Gasteiger partial charge in [-0.25, -0.2) is 0 Å². The molecule has 17 heavy (non-hydrogen) atoms. The third kappa shape index (κ3) is 1.71. The first-order valence-electron chi connectivity index (χ1n) is 5.54. The molecule has 0 saturated carbocycles. The molecular weight excluding hydrogens is 222 g/mol. The molecule has 1 fully saturated rings. The fourth-order valence-electron chi connectivity index (χ4n) is 2.06. The van der Waals surface area contributed by atoms with Crippen molar-refractivity contribution in [2.45, 2.75) is 12.8 Å². The largest absolute Gasteiger partial charge is 0.423 e. The summed E-state index contributed by atoms with van der Waals surface area (Å²) >= 11 is 0. The topological polar surface area (TPSA) is 72.4 Å². The van der Waals surface area contributed by atoms with E-state index in [9.17, 15) is 10.1 Å². The number of nitro benzene ring substituents is 1. The van der Waals surface area contributed by atoms with Crippen LogP contribution < -0.4 is 4.90 Å². The maximum absolute atomic E-state index is 10.6. The summed E-state index contributed by atoms with van der Waals surface area (Å²) in [4.78, 5) is 16.6. The van der Waals surface area contributed by atoms with Gasteiger partial charge in [-0.15, -0.1) is 0 Å². The molecule has 3 rings (SSSR count). The highest BCUT2D eigenvalue weighted by molar-refractivity contribution is 5.77. The van der Waals surface area contributed by atoms with Crippen molar-refractivity contribution >= 4 is 22.8 Å². The minimum Gasteiger partial charge on any atom is -0.423 e. The van der Waals surface area contributed by atoms with Gasteiger partial charge in [0.1, 0.15) is 5.52 Å². The van der Waals surface area contributed by atoms with Gasteiger partial charge in [-0.3, -0.25) is 10.1 Å². The Morgan fingerprint density at radius 3 is 2.82 bits per heavy atom. The quantitative estimate of drug-likeness (QED) is 0.588. The lowest BCUT2D eigenvalue weighted by molar-refractivity contribution is -0.384. The van der Waals surface area contributed by atoms with E-state index in [1.54, 1.807) is 6.07 Å². The highest BCUT2D eigenvalue weighted by Crippen LogP contribution is 2.27. The van der Waals surface area contributed by atoms with Crippen molar-refractivity contribution in [3.63, 3.8) is 0 Å². The molecule has 88 valence electrons. The van der Waals surface area contributed by atoms with Gasteiger partial charge < -0.3 is 9.32 Å². The number of hydrogen-bond acceptors (Lipinski definition) is 5. The van der Waals surface area contributed by atoms with Gasteiger partial charge in [0.25, 0.3) is 11.7 Å². The predicted molar refractivity (Wildman–Crippen MR) is 62.1 cm³/mol. The average Bonchev–Trinajstić information content (AvgIpc) is 2.96. The summed E-state index contributed by atoms with van der Waals surface area (Å²) in [6.07, 6.45) is 2.28. The highest BCUT2D eigenvalue weighted by atomic mass is 16.6. The standard InChI is InChI=1S/C11H11N3O3/c15-14(16)8-3-4-9-10(7-8)17-11(12-9)13-5-1-2-6-13/h3-4,7H,1-2,5-6H2. The SMILES string of the molecule is O=[N+]([O-])c1ccc2nc(N3CCCC3)oc2c1. The molecule has 0 N–H and O–H groups in total. The van der Waals surface area contributed by atoms with Crippen molar-refractivity contribution in [1.29, 1.82) is 0 Å². The fraction of sp³-hybridized carbons (Fsp3) is 0.364. The van der Waals surface area contributed by atoms with Crippen molar-refractivity contribution in [3.8, 4) is 0 Å². The van der Waals surface area contributed by atoms with Crippen LogP contribution in [0.1, 0.15) is 12.8 Å². The molecule has 0 amide bonds. The van der Waals surface area contributed by atoms with Crippen LogP contribution in [0.4, 0.5) is 11.7 Å². The third-order valence-corrected chi connectivity index (χ3v) is 2.95. The normalized spacial score (nSPS) is 15.6. The lowest BCUT2D eigenvalue weighted by Gasteiger charge is -2.10. The predicted octanol–water partition coefficient (Wildman–Crippen LogP) is 2.34. The molecule has 2 heterocycles. The zero-order valence-electron chi connectivity index (χ0n) is 9.13. The van der Waals surface area contributed by atoms with Gasteiger partial charge >= 0.3 is 0 Å². The second-order valence-electron chi connectivity index (χ2n) is 4.10. The smallest absolute Gasteiger partial charge is 0.298 e. The highest BCUT2D eigenvalue weighted by Gasteiger charge is 2.19. The van der Waals surface area contributed by atoms with Crippen LogP contribution in [-0.4, -0.2) is 23.0 Å². The van der Waals surface area contributed by atoms with Crippen LogP contribution in [0, 0.1) is 10.1 Å². The molecule has 0 bridgehead atoms. The Labute approximate surface area is 97.0 Å². The third-order valence-electron chi connectivity index (χ3n) is 2.95. The number of hydrogen-bond donors (Lipinski definition) is 0. The summed E-state index contributed by atoms with van der Waals surface area (Å²) in [5.41, 5.74) is 1.17. The van der Waals surface area contributed by atoms with Gasteiger partial charge in [-0.2, -0.15) is 4.98 Å². The minimum absolute atomic E-state index is 0.0293. The lowest BCUT2D eigenvalue weighted by atomic mass is 10.3. The van der Waals surface area contributed by atoms with E-state index in [0.29, 0.717) is 17.1 Å². The van der Waals surface area contributed by atoms with Crippen molar-refractivity contribution in [3.05, 3.63) is 28.3 Å². The fourth-order valence-corrected chi connectivity index (χ4v) is 2.06. The Morgan fingerprint density at radius 1 is 1.35 bits per heavy atom. The molecule has 1 saturated heterocycles. The van der Waals surface area contributed by atoms with Crippen LogP contribution >= 0.6 is 0 Å². The Kier molecular flexibility index (Phi) is 2.21. The summed E-state index contributed by atoms with van der Waals surface area (Å²) in [6, 6.07) is 5.05. The van der Waals surface area contributed by atoms with Gasteiger partial charge in [0.15, 0.2) is 5.58 Å². The molecule has 0 radical (unpaired) electrons. The maximum Gasteiger partial charge on any atom is 0.298 e. The summed E-state index contributed by atoms with van der Waals surface area (Å²) < 4.78 is 5.55. The van der Waals surface area contributed by atoms with Gasteiger partial charge in [0.05, 0.1) is 11.0 Å². The molecule has 1 aliphatic rings. The van der Waals surface area contributed by atoms with E-state index in [0.717, 1.165) is 25.9 Å². The molecule has 1 aliphatic heterocycles. The number of nitro groups is 1. The number of fused-ring (bicyclic) bond motifs is 1. The second kappa shape index (κ2) is 3.73.